The van der Waals surface area contributed by atoms with Crippen molar-refractivity contribution >= 4 is 11.8 Å². The first-order chi connectivity index (χ1) is 8.66. The summed E-state index contributed by atoms with van der Waals surface area (Å²) in [5, 5.41) is 4.08. The van der Waals surface area contributed by atoms with Gasteiger partial charge in [0.1, 0.15) is 0 Å². The molecule has 0 radical (unpaired) electrons. The van der Waals surface area contributed by atoms with E-state index >= 15 is 0 Å². The summed E-state index contributed by atoms with van der Waals surface area (Å²) in [6, 6.07) is 9.42. The molecule has 2 aromatic rings. The predicted octanol–water partition coefficient (Wildman–Crippen LogP) is 0.653. The van der Waals surface area contributed by atoms with Gasteiger partial charge in [0.05, 0.1) is 17.4 Å². The number of nitrogens with one attached hydrogen (secondary N) is 2. The highest BCUT2D eigenvalue weighted by Gasteiger charge is 2.09. The number of amides is 2. The second-order valence-corrected chi connectivity index (χ2v) is 3.64. The lowest BCUT2D eigenvalue weighted by Crippen LogP contribution is -2.40. The fraction of sp³-hybridized carbons (Fsp3) is 0.0833. The lowest BCUT2D eigenvalue weighted by Gasteiger charge is -2.02. The molecule has 2 amide bonds. The Balaban J connectivity index is 2.11. The summed E-state index contributed by atoms with van der Waals surface area (Å²) in [7, 11) is 0. The van der Waals surface area contributed by atoms with E-state index in [1.165, 1.54) is 13.1 Å². The van der Waals surface area contributed by atoms with Gasteiger partial charge in [0.2, 0.25) is 5.91 Å². The van der Waals surface area contributed by atoms with Gasteiger partial charge < -0.3 is 0 Å². The van der Waals surface area contributed by atoms with Crippen LogP contribution in [0.4, 0.5) is 0 Å². The quantitative estimate of drug-likeness (QED) is 0.762. The van der Waals surface area contributed by atoms with Crippen molar-refractivity contribution in [3.05, 3.63) is 48.3 Å². The first-order valence-electron chi connectivity index (χ1n) is 5.34. The number of para-hydroxylation sites is 1. The van der Waals surface area contributed by atoms with Crippen LogP contribution in [0.2, 0.25) is 0 Å². The Morgan fingerprint density at radius 2 is 1.89 bits per heavy atom. The van der Waals surface area contributed by atoms with Crippen LogP contribution in [0, 0.1) is 0 Å². The van der Waals surface area contributed by atoms with Crippen molar-refractivity contribution in [3.63, 3.8) is 0 Å². The monoisotopic (exact) mass is 244 g/mol. The minimum absolute atomic E-state index is 0.334. The maximum Gasteiger partial charge on any atom is 0.272 e. The standard InChI is InChI=1S/C12H12N4O2/c1-9(17)14-15-12(18)10-7-13-16(8-10)11-5-3-2-4-6-11/h2-8H,1H3,(H,14,17)(H,15,18). The average Bonchev–Trinajstić information content (AvgIpc) is 2.86. The van der Waals surface area contributed by atoms with Crippen LogP contribution in [0.3, 0.4) is 0 Å². The van der Waals surface area contributed by atoms with Crippen molar-refractivity contribution in [1.82, 2.24) is 20.6 Å². The summed E-state index contributed by atoms with van der Waals surface area (Å²) in [6.45, 7) is 1.31. The molecule has 0 bridgehead atoms. The zero-order valence-corrected chi connectivity index (χ0v) is 9.75. The van der Waals surface area contributed by atoms with Gasteiger partial charge >= 0.3 is 0 Å². The van der Waals surface area contributed by atoms with Gasteiger partial charge in [0.15, 0.2) is 0 Å². The largest absolute Gasteiger partial charge is 0.274 e. The Kier molecular flexibility index (Phi) is 3.38. The topological polar surface area (TPSA) is 76.0 Å². The zero-order valence-electron chi connectivity index (χ0n) is 9.75. The zero-order chi connectivity index (χ0) is 13.0. The van der Waals surface area contributed by atoms with Crippen LogP contribution in [0.1, 0.15) is 17.3 Å². The van der Waals surface area contributed by atoms with E-state index in [2.05, 4.69) is 16.0 Å². The van der Waals surface area contributed by atoms with E-state index in [0.29, 0.717) is 5.56 Å². The number of carbonyl (C=O) groups excluding carboxylic acids is 2. The number of hydrogen-bond acceptors (Lipinski definition) is 3. The second kappa shape index (κ2) is 5.13. The number of aromatic nitrogens is 2. The van der Waals surface area contributed by atoms with Gasteiger partial charge in [-0.1, -0.05) is 18.2 Å². The van der Waals surface area contributed by atoms with E-state index in [-0.39, 0.29) is 5.91 Å². The van der Waals surface area contributed by atoms with Crippen molar-refractivity contribution in [2.75, 3.05) is 0 Å². The number of carbonyl (C=O) groups is 2. The molecule has 1 aromatic heterocycles. The number of nitrogens with zero attached hydrogens (tertiary/aromatic N) is 2. The summed E-state index contributed by atoms with van der Waals surface area (Å²) in [5.74, 6) is -0.744. The molecule has 1 heterocycles. The lowest BCUT2D eigenvalue weighted by molar-refractivity contribution is -0.119. The van der Waals surface area contributed by atoms with Crippen LogP contribution in [-0.4, -0.2) is 21.6 Å². The Hall–Kier alpha value is -2.63. The molecular formula is C12H12N4O2. The first kappa shape index (κ1) is 11.8. The number of hydrazine groups is 1. The highest BCUT2D eigenvalue weighted by molar-refractivity contribution is 5.94. The van der Waals surface area contributed by atoms with Crippen molar-refractivity contribution in [3.8, 4) is 5.69 Å². The molecule has 0 saturated carbocycles. The molecule has 0 atom stereocenters. The first-order valence-corrected chi connectivity index (χ1v) is 5.34. The number of rotatable bonds is 2. The average molecular weight is 244 g/mol. The van der Waals surface area contributed by atoms with Crippen molar-refractivity contribution in [2.24, 2.45) is 0 Å². The van der Waals surface area contributed by atoms with Crippen LogP contribution >= 0.6 is 0 Å². The van der Waals surface area contributed by atoms with E-state index in [1.807, 2.05) is 30.3 Å². The predicted molar refractivity (Wildman–Crippen MR) is 64.8 cm³/mol. The molecular weight excluding hydrogens is 232 g/mol. The van der Waals surface area contributed by atoms with Gasteiger partial charge in [0.25, 0.3) is 5.91 Å². The van der Waals surface area contributed by atoms with Crippen molar-refractivity contribution in [2.45, 2.75) is 6.92 Å². The molecule has 0 aliphatic rings. The van der Waals surface area contributed by atoms with Gasteiger partial charge in [-0.25, -0.2) is 4.68 Å². The second-order valence-electron chi connectivity index (χ2n) is 3.64. The fourth-order valence-corrected chi connectivity index (χ4v) is 1.38. The molecule has 2 N–H and O–H groups in total. The third-order valence-electron chi connectivity index (χ3n) is 2.22. The molecule has 6 nitrogen and oxygen atoms in total. The minimum atomic E-state index is -0.410. The molecule has 18 heavy (non-hydrogen) atoms. The Bertz CT molecular complexity index is 562. The molecule has 1 aromatic carbocycles. The molecule has 2 rings (SSSR count). The molecule has 0 unspecified atom stereocenters. The maximum atomic E-state index is 11.6. The van der Waals surface area contributed by atoms with Crippen LogP contribution in [0.5, 0.6) is 0 Å². The van der Waals surface area contributed by atoms with Gasteiger partial charge in [-0.3, -0.25) is 20.4 Å². The van der Waals surface area contributed by atoms with Crippen LogP contribution in [0.25, 0.3) is 5.69 Å². The highest BCUT2D eigenvalue weighted by Crippen LogP contribution is 2.07. The fourth-order valence-electron chi connectivity index (χ4n) is 1.38. The smallest absolute Gasteiger partial charge is 0.272 e. The van der Waals surface area contributed by atoms with Crippen LogP contribution < -0.4 is 10.9 Å². The molecule has 0 fully saturated rings. The van der Waals surface area contributed by atoms with Crippen LogP contribution in [-0.2, 0) is 4.79 Å². The lowest BCUT2D eigenvalue weighted by atomic mass is 10.3. The third-order valence-corrected chi connectivity index (χ3v) is 2.22. The van der Waals surface area contributed by atoms with E-state index in [4.69, 9.17) is 0 Å². The molecule has 6 heteroatoms. The van der Waals surface area contributed by atoms with Gasteiger partial charge in [-0.2, -0.15) is 5.10 Å². The molecule has 0 saturated heterocycles. The molecule has 0 aliphatic heterocycles. The summed E-state index contributed by atoms with van der Waals surface area (Å²) in [6.07, 6.45) is 3.02. The summed E-state index contributed by atoms with van der Waals surface area (Å²) in [5.41, 5.74) is 5.71. The summed E-state index contributed by atoms with van der Waals surface area (Å²) >= 11 is 0. The molecule has 92 valence electrons. The van der Waals surface area contributed by atoms with Crippen molar-refractivity contribution < 1.29 is 9.59 Å². The van der Waals surface area contributed by atoms with E-state index in [0.717, 1.165) is 5.69 Å². The maximum absolute atomic E-state index is 11.6. The van der Waals surface area contributed by atoms with Crippen LogP contribution in [0.15, 0.2) is 42.7 Å². The number of hydrogen-bond donors (Lipinski definition) is 2. The minimum Gasteiger partial charge on any atom is -0.274 e. The van der Waals surface area contributed by atoms with E-state index in [1.54, 1.807) is 10.9 Å². The Morgan fingerprint density at radius 1 is 1.17 bits per heavy atom. The summed E-state index contributed by atoms with van der Waals surface area (Å²) in [4.78, 5) is 22.3. The third kappa shape index (κ3) is 2.73. The Morgan fingerprint density at radius 3 is 2.56 bits per heavy atom. The molecule has 0 spiro atoms. The van der Waals surface area contributed by atoms with E-state index < -0.39 is 5.91 Å². The van der Waals surface area contributed by atoms with Crippen molar-refractivity contribution in [1.29, 1.82) is 0 Å². The van der Waals surface area contributed by atoms with Gasteiger partial charge in [0, 0.05) is 13.1 Å². The molecule has 0 aliphatic carbocycles. The highest BCUT2D eigenvalue weighted by atomic mass is 16.2. The number of benzene rings is 1. The normalized spacial score (nSPS) is 9.83. The SMILES string of the molecule is CC(=O)NNC(=O)c1cnn(-c2ccccc2)c1. The van der Waals surface area contributed by atoms with Gasteiger partial charge in [-0.05, 0) is 12.1 Å². The van der Waals surface area contributed by atoms with Gasteiger partial charge in [-0.15, -0.1) is 0 Å². The summed E-state index contributed by atoms with van der Waals surface area (Å²) < 4.78 is 1.59. The van der Waals surface area contributed by atoms with E-state index in [9.17, 15) is 9.59 Å². The Labute approximate surface area is 104 Å².